The van der Waals surface area contributed by atoms with E-state index < -0.39 is 0 Å². The van der Waals surface area contributed by atoms with Crippen LogP contribution in [0.25, 0.3) is 0 Å². The Labute approximate surface area is 142 Å². The van der Waals surface area contributed by atoms with E-state index in [0.717, 1.165) is 0 Å². The first kappa shape index (κ1) is 17.7. The molecule has 0 fully saturated rings. The Bertz CT molecular complexity index is 592. The van der Waals surface area contributed by atoms with E-state index in [1.807, 2.05) is 26.0 Å². The van der Waals surface area contributed by atoms with Gasteiger partial charge in [-0.25, -0.2) is 9.59 Å². The van der Waals surface area contributed by atoms with Crippen molar-refractivity contribution in [3.05, 3.63) is 71.8 Å². The summed E-state index contributed by atoms with van der Waals surface area (Å²) in [5.41, 5.74) is 1.07. The van der Waals surface area contributed by atoms with Gasteiger partial charge in [0.05, 0.1) is 24.3 Å². The SMILES string of the molecule is CC(COC(=O)c1ccccc1)C(C)COC(=O)c1ccccc1. The highest BCUT2D eigenvalue weighted by Crippen LogP contribution is 2.14. The molecule has 2 aromatic rings. The molecule has 0 aromatic heterocycles. The Kier molecular flexibility index (Phi) is 6.55. The molecule has 0 bridgehead atoms. The van der Waals surface area contributed by atoms with Crippen molar-refractivity contribution in [2.24, 2.45) is 11.8 Å². The third-order valence-electron chi connectivity index (χ3n) is 3.95. The van der Waals surface area contributed by atoms with E-state index in [9.17, 15) is 9.59 Å². The highest BCUT2D eigenvalue weighted by molar-refractivity contribution is 5.89. The first-order valence-corrected chi connectivity index (χ1v) is 8.02. The number of ether oxygens (including phenoxy) is 2. The minimum atomic E-state index is -0.337. The number of benzene rings is 2. The Hall–Kier alpha value is -2.62. The van der Waals surface area contributed by atoms with Crippen molar-refractivity contribution in [3.63, 3.8) is 0 Å². The molecule has 4 heteroatoms. The molecule has 0 saturated carbocycles. The number of carbonyl (C=O) groups is 2. The van der Waals surface area contributed by atoms with Crippen molar-refractivity contribution in [1.82, 2.24) is 0 Å². The quantitative estimate of drug-likeness (QED) is 0.722. The topological polar surface area (TPSA) is 52.6 Å². The summed E-state index contributed by atoms with van der Waals surface area (Å²) in [6.45, 7) is 4.52. The summed E-state index contributed by atoms with van der Waals surface area (Å²) in [5, 5.41) is 0. The van der Waals surface area contributed by atoms with Crippen molar-refractivity contribution < 1.29 is 19.1 Å². The monoisotopic (exact) mass is 326 g/mol. The maximum atomic E-state index is 11.9. The zero-order valence-electron chi connectivity index (χ0n) is 14.0. The molecule has 24 heavy (non-hydrogen) atoms. The molecular weight excluding hydrogens is 304 g/mol. The minimum Gasteiger partial charge on any atom is -0.462 e. The molecule has 0 saturated heterocycles. The largest absolute Gasteiger partial charge is 0.462 e. The van der Waals surface area contributed by atoms with Crippen LogP contribution in [0.2, 0.25) is 0 Å². The molecule has 2 aromatic carbocycles. The second kappa shape index (κ2) is 8.87. The second-order valence-electron chi connectivity index (χ2n) is 5.88. The number of rotatable bonds is 7. The lowest BCUT2D eigenvalue weighted by atomic mass is 9.98. The molecule has 0 aliphatic carbocycles. The number of esters is 2. The normalized spacial score (nSPS) is 12.9. The Morgan fingerprint density at radius 3 is 1.38 bits per heavy atom. The summed E-state index contributed by atoms with van der Waals surface area (Å²) in [5.74, 6) is -0.505. The summed E-state index contributed by atoms with van der Waals surface area (Å²) >= 11 is 0. The van der Waals surface area contributed by atoms with Crippen LogP contribution < -0.4 is 0 Å². The number of hydrogen-bond acceptors (Lipinski definition) is 4. The van der Waals surface area contributed by atoms with Gasteiger partial charge in [-0.3, -0.25) is 0 Å². The predicted octanol–water partition coefficient (Wildman–Crippen LogP) is 3.97. The van der Waals surface area contributed by atoms with Gasteiger partial charge in [-0.15, -0.1) is 0 Å². The number of carbonyl (C=O) groups excluding carboxylic acids is 2. The summed E-state index contributed by atoms with van der Waals surface area (Å²) in [4.78, 5) is 23.8. The smallest absolute Gasteiger partial charge is 0.338 e. The van der Waals surface area contributed by atoms with Crippen LogP contribution in [0, 0.1) is 11.8 Å². The van der Waals surface area contributed by atoms with Crippen LogP contribution >= 0.6 is 0 Å². The van der Waals surface area contributed by atoms with E-state index in [2.05, 4.69) is 0 Å². The highest BCUT2D eigenvalue weighted by Gasteiger charge is 2.17. The molecule has 2 unspecified atom stereocenters. The Morgan fingerprint density at radius 2 is 1.04 bits per heavy atom. The molecule has 0 aliphatic rings. The van der Waals surface area contributed by atoms with Crippen LogP contribution in [-0.4, -0.2) is 25.2 Å². The molecule has 0 spiro atoms. The third kappa shape index (κ3) is 5.23. The van der Waals surface area contributed by atoms with Crippen LogP contribution in [-0.2, 0) is 9.47 Å². The molecule has 0 N–H and O–H groups in total. The molecule has 2 atom stereocenters. The summed E-state index contributed by atoms with van der Waals surface area (Å²) in [7, 11) is 0. The summed E-state index contributed by atoms with van der Waals surface area (Å²) in [6, 6.07) is 17.8. The van der Waals surface area contributed by atoms with E-state index in [0.29, 0.717) is 11.1 Å². The standard InChI is InChI=1S/C20H22O4/c1-15(13-23-19(21)17-9-5-3-6-10-17)16(2)14-24-20(22)18-11-7-4-8-12-18/h3-12,15-16H,13-14H2,1-2H3. The maximum Gasteiger partial charge on any atom is 0.338 e. The van der Waals surface area contributed by atoms with E-state index >= 15 is 0 Å². The number of hydrogen-bond donors (Lipinski definition) is 0. The van der Waals surface area contributed by atoms with Gasteiger partial charge in [-0.1, -0.05) is 50.2 Å². The maximum absolute atomic E-state index is 11.9. The molecule has 0 amide bonds. The predicted molar refractivity (Wildman–Crippen MR) is 91.8 cm³/mol. The van der Waals surface area contributed by atoms with Crippen LogP contribution in [0.5, 0.6) is 0 Å². The van der Waals surface area contributed by atoms with Crippen LogP contribution in [0.15, 0.2) is 60.7 Å². The van der Waals surface area contributed by atoms with E-state index in [1.54, 1.807) is 48.5 Å². The van der Waals surface area contributed by atoms with Crippen molar-refractivity contribution in [3.8, 4) is 0 Å². The third-order valence-corrected chi connectivity index (χ3v) is 3.95. The van der Waals surface area contributed by atoms with Gasteiger partial charge in [0, 0.05) is 0 Å². The highest BCUT2D eigenvalue weighted by atomic mass is 16.5. The molecule has 0 aliphatic heterocycles. The van der Waals surface area contributed by atoms with Crippen molar-refractivity contribution in [2.45, 2.75) is 13.8 Å². The fraction of sp³-hybridized carbons (Fsp3) is 0.300. The minimum absolute atomic E-state index is 0.0845. The van der Waals surface area contributed by atoms with E-state index in [1.165, 1.54) is 0 Å². The van der Waals surface area contributed by atoms with Crippen molar-refractivity contribution in [1.29, 1.82) is 0 Å². The first-order valence-electron chi connectivity index (χ1n) is 8.02. The van der Waals surface area contributed by atoms with Crippen molar-refractivity contribution in [2.75, 3.05) is 13.2 Å². The summed E-state index contributed by atoms with van der Waals surface area (Å²) in [6.07, 6.45) is 0. The van der Waals surface area contributed by atoms with Gasteiger partial charge in [-0.2, -0.15) is 0 Å². The fourth-order valence-electron chi connectivity index (χ4n) is 2.06. The van der Waals surface area contributed by atoms with Gasteiger partial charge >= 0.3 is 11.9 Å². The van der Waals surface area contributed by atoms with Gasteiger partial charge in [0.25, 0.3) is 0 Å². The lowest BCUT2D eigenvalue weighted by molar-refractivity contribution is 0.0268. The van der Waals surface area contributed by atoms with Gasteiger partial charge < -0.3 is 9.47 Å². The van der Waals surface area contributed by atoms with Gasteiger partial charge in [-0.05, 0) is 36.1 Å². The molecule has 2 rings (SSSR count). The van der Waals surface area contributed by atoms with Crippen molar-refractivity contribution >= 4 is 11.9 Å². The van der Waals surface area contributed by atoms with E-state index in [-0.39, 0.29) is 37.0 Å². The fourth-order valence-corrected chi connectivity index (χ4v) is 2.06. The summed E-state index contributed by atoms with van der Waals surface area (Å²) < 4.78 is 10.6. The van der Waals surface area contributed by atoms with Crippen LogP contribution in [0.1, 0.15) is 34.6 Å². The molecule has 0 radical (unpaired) electrons. The molecule has 4 nitrogen and oxygen atoms in total. The lowest BCUT2D eigenvalue weighted by Gasteiger charge is -2.19. The zero-order chi connectivity index (χ0) is 17.4. The second-order valence-corrected chi connectivity index (χ2v) is 5.88. The Balaban J connectivity index is 1.75. The van der Waals surface area contributed by atoms with Gasteiger partial charge in [0.2, 0.25) is 0 Å². The molecular formula is C20H22O4. The molecule has 0 heterocycles. The van der Waals surface area contributed by atoms with E-state index in [4.69, 9.17) is 9.47 Å². The van der Waals surface area contributed by atoms with Gasteiger partial charge in [0.1, 0.15) is 0 Å². The first-order chi connectivity index (χ1) is 11.6. The average molecular weight is 326 g/mol. The zero-order valence-corrected chi connectivity index (χ0v) is 14.0. The van der Waals surface area contributed by atoms with Crippen LogP contribution in [0.3, 0.4) is 0 Å². The Morgan fingerprint density at radius 1 is 0.708 bits per heavy atom. The van der Waals surface area contributed by atoms with Crippen LogP contribution in [0.4, 0.5) is 0 Å². The van der Waals surface area contributed by atoms with Gasteiger partial charge in [0.15, 0.2) is 0 Å². The molecule has 126 valence electrons. The average Bonchev–Trinajstić information content (AvgIpc) is 2.64. The lowest BCUT2D eigenvalue weighted by Crippen LogP contribution is -2.22.